The average Bonchev–Trinajstić information content (AvgIpc) is 2.49. The summed E-state index contributed by atoms with van der Waals surface area (Å²) < 4.78 is 7.60. The maximum atomic E-state index is 6.14. The highest BCUT2D eigenvalue weighted by molar-refractivity contribution is 14.1. The Balaban J connectivity index is 2.33. The van der Waals surface area contributed by atoms with E-state index in [9.17, 15) is 0 Å². The number of methoxy groups -OCH3 is 1. The number of ether oxygens (including phenoxy) is 1. The van der Waals surface area contributed by atoms with Crippen molar-refractivity contribution in [2.45, 2.75) is 12.5 Å². The first-order valence-electron chi connectivity index (χ1n) is 6.49. The molecule has 0 bridgehead atoms. The van der Waals surface area contributed by atoms with Crippen molar-refractivity contribution in [2.24, 2.45) is 0 Å². The Kier molecular flexibility index (Phi) is 6.34. The maximum Gasteiger partial charge on any atom is 0.119 e. The number of likely N-dealkylation sites (N-methyl/N-ethyl adjacent to an activating group) is 1. The van der Waals surface area contributed by atoms with E-state index in [-0.39, 0.29) is 6.04 Å². The van der Waals surface area contributed by atoms with Crippen LogP contribution in [-0.4, -0.2) is 14.2 Å². The second-order valence-corrected chi connectivity index (χ2v) is 7.12. The lowest BCUT2D eigenvalue weighted by molar-refractivity contribution is 0.413. The zero-order chi connectivity index (χ0) is 15.4. The summed E-state index contributed by atoms with van der Waals surface area (Å²) in [6, 6.07) is 12.2. The lowest BCUT2D eigenvalue weighted by atomic mass is 9.99. The van der Waals surface area contributed by atoms with Gasteiger partial charge in [0.25, 0.3) is 0 Å². The second kappa shape index (κ2) is 7.81. The van der Waals surface area contributed by atoms with Crippen LogP contribution in [0.3, 0.4) is 0 Å². The van der Waals surface area contributed by atoms with Gasteiger partial charge in [-0.25, -0.2) is 0 Å². The van der Waals surface area contributed by atoms with Gasteiger partial charge in [0.05, 0.1) is 7.11 Å². The highest BCUT2D eigenvalue weighted by atomic mass is 127. The molecule has 0 saturated heterocycles. The van der Waals surface area contributed by atoms with Crippen molar-refractivity contribution in [2.75, 3.05) is 14.2 Å². The van der Waals surface area contributed by atoms with E-state index in [1.54, 1.807) is 7.11 Å². The predicted octanol–water partition coefficient (Wildman–Crippen LogP) is 5.22. The van der Waals surface area contributed by atoms with E-state index < -0.39 is 0 Å². The van der Waals surface area contributed by atoms with E-state index in [0.717, 1.165) is 21.7 Å². The molecule has 0 aliphatic carbocycles. The first-order chi connectivity index (χ1) is 10.0. The molecule has 1 unspecified atom stereocenters. The van der Waals surface area contributed by atoms with Gasteiger partial charge in [0.1, 0.15) is 5.75 Å². The van der Waals surface area contributed by atoms with E-state index in [2.05, 4.69) is 49.9 Å². The monoisotopic (exact) mass is 479 g/mol. The molecule has 5 heteroatoms. The van der Waals surface area contributed by atoms with Gasteiger partial charge < -0.3 is 10.1 Å². The van der Waals surface area contributed by atoms with E-state index in [1.807, 2.05) is 37.4 Å². The van der Waals surface area contributed by atoms with Crippen molar-refractivity contribution in [1.82, 2.24) is 5.32 Å². The molecule has 0 heterocycles. The van der Waals surface area contributed by atoms with Gasteiger partial charge >= 0.3 is 0 Å². The van der Waals surface area contributed by atoms with Crippen molar-refractivity contribution in [3.05, 3.63) is 60.6 Å². The van der Waals surface area contributed by atoms with Gasteiger partial charge in [-0.15, -0.1) is 0 Å². The molecular weight excluding hydrogens is 464 g/mol. The van der Waals surface area contributed by atoms with E-state index >= 15 is 0 Å². The summed E-state index contributed by atoms with van der Waals surface area (Å²) in [4.78, 5) is 0. The number of hydrogen-bond donors (Lipinski definition) is 1. The van der Waals surface area contributed by atoms with Crippen LogP contribution in [0.15, 0.2) is 40.9 Å². The smallest absolute Gasteiger partial charge is 0.119 e. The van der Waals surface area contributed by atoms with Crippen LogP contribution in [0.1, 0.15) is 17.2 Å². The second-order valence-electron chi connectivity index (χ2n) is 4.67. The van der Waals surface area contributed by atoms with Gasteiger partial charge in [0.15, 0.2) is 0 Å². The summed E-state index contributed by atoms with van der Waals surface area (Å²) in [6.07, 6.45) is 0.852. The first-order valence-corrected chi connectivity index (χ1v) is 8.74. The van der Waals surface area contributed by atoms with Crippen molar-refractivity contribution >= 4 is 50.1 Å². The molecule has 1 N–H and O–H groups in total. The normalized spacial score (nSPS) is 12.2. The Hall–Kier alpha value is -0.300. The van der Waals surface area contributed by atoms with Crippen LogP contribution in [-0.2, 0) is 6.42 Å². The fourth-order valence-corrected chi connectivity index (χ4v) is 3.50. The molecule has 21 heavy (non-hydrogen) atoms. The third kappa shape index (κ3) is 4.34. The van der Waals surface area contributed by atoms with E-state index in [1.165, 1.54) is 14.7 Å². The summed E-state index contributed by atoms with van der Waals surface area (Å²) in [5.74, 6) is 0.865. The van der Waals surface area contributed by atoms with Gasteiger partial charge in [0, 0.05) is 19.1 Å². The number of nitrogens with one attached hydrogen (secondary N) is 1. The molecule has 2 rings (SSSR count). The molecule has 2 aromatic carbocycles. The van der Waals surface area contributed by atoms with Gasteiger partial charge in [-0.2, -0.15) is 0 Å². The molecule has 0 aromatic heterocycles. The summed E-state index contributed by atoms with van der Waals surface area (Å²) >= 11 is 12.1. The standard InChI is InChI=1S/C16H16BrClINO/c1-20-16(13-9-11(18)3-6-15(13)19)8-10-7-12(21-2)4-5-14(10)17/h3-7,9,16,20H,8H2,1-2H3. The van der Waals surface area contributed by atoms with Crippen LogP contribution >= 0.6 is 50.1 Å². The van der Waals surface area contributed by atoms with Crippen molar-refractivity contribution in [3.8, 4) is 5.75 Å². The molecular formula is C16H16BrClINO. The minimum atomic E-state index is 0.194. The Morgan fingerprint density at radius 3 is 2.71 bits per heavy atom. The van der Waals surface area contributed by atoms with Crippen molar-refractivity contribution in [1.29, 1.82) is 0 Å². The zero-order valence-corrected chi connectivity index (χ0v) is 16.3. The molecule has 0 spiro atoms. The molecule has 0 saturated carbocycles. The number of benzene rings is 2. The van der Waals surface area contributed by atoms with Gasteiger partial charge in [-0.3, -0.25) is 0 Å². The largest absolute Gasteiger partial charge is 0.497 e. The van der Waals surface area contributed by atoms with Crippen LogP contribution in [0.25, 0.3) is 0 Å². The van der Waals surface area contributed by atoms with Crippen molar-refractivity contribution < 1.29 is 4.74 Å². The maximum absolute atomic E-state index is 6.14. The Bertz CT molecular complexity index is 636. The molecule has 1 atom stereocenters. The average molecular weight is 481 g/mol. The van der Waals surface area contributed by atoms with Crippen LogP contribution in [0.2, 0.25) is 5.02 Å². The summed E-state index contributed by atoms with van der Waals surface area (Å²) in [5.41, 5.74) is 2.41. The predicted molar refractivity (Wildman–Crippen MR) is 100 cm³/mol. The molecule has 0 aliphatic rings. The van der Waals surface area contributed by atoms with Crippen LogP contribution in [0, 0.1) is 3.57 Å². The molecule has 0 fully saturated rings. The minimum absolute atomic E-state index is 0.194. The number of rotatable bonds is 5. The van der Waals surface area contributed by atoms with Gasteiger partial charge in [-0.05, 0) is 83.6 Å². The molecule has 2 aromatic rings. The Labute approximate surface area is 152 Å². The SMILES string of the molecule is CNC(Cc1cc(OC)ccc1Br)c1cc(Cl)ccc1I. The first kappa shape index (κ1) is 17.1. The fraction of sp³-hybridized carbons (Fsp3) is 0.250. The third-order valence-electron chi connectivity index (χ3n) is 3.36. The molecule has 2 nitrogen and oxygen atoms in total. The summed E-state index contributed by atoms with van der Waals surface area (Å²) in [6.45, 7) is 0. The molecule has 112 valence electrons. The minimum Gasteiger partial charge on any atom is -0.497 e. The van der Waals surface area contributed by atoms with Crippen LogP contribution in [0.4, 0.5) is 0 Å². The molecule has 0 aliphatic heterocycles. The Morgan fingerprint density at radius 1 is 1.29 bits per heavy atom. The van der Waals surface area contributed by atoms with Crippen molar-refractivity contribution in [3.63, 3.8) is 0 Å². The fourth-order valence-electron chi connectivity index (χ4n) is 2.20. The third-order valence-corrected chi connectivity index (χ3v) is 5.35. The highest BCUT2D eigenvalue weighted by Crippen LogP contribution is 2.30. The zero-order valence-electron chi connectivity index (χ0n) is 11.8. The quantitative estimate of drug-likeness (QED) is 0.593. The van der Waals surface area contributed by atoms with E-state index in [4.69, 9.17) is 16.3 Å². The molecule has 0 amide bonds. The summed E-state index contributed by atoms with van der Waals surface area (Å²) in [5, 5.41) is 4.13. The number of halogens is 3. The number of hydrogen-bond acceptors (Lipinski definition) is 2. The topological polar surface area (TPSA) is 21.3 Å². The lowest BCUT2D eigenvalue weighted by Crippen LogP contribution is -2.20. The van der Waals surface area contributed by atoms with E-state index in [0.29, 0.717) is 0 Å². The lowest BCUT2D eigenvalue weighted by Gasteiger charge is -2.20. The van der Waals surface area contributed by atoms with Gasteiger partial charge in [0.2, 0.25) is 0 Å². The van der Waals surface area contributed by atoms with Crippen LogP contribution < -0.4 is 10.1 Å². The summed E-state index contributed by atoms with van der Waals surface area (Å²) in [7, 11) is 3.65. The molecule has 0 radical (unpaired) electrons. The van der Waals surface area contributed by atoms with Gasteiger partial charge in [-0.1, -0.05) is 27.5 Å². The Morgan fingerprint density at radius 2 is 2.05 bits per heavy atom. The van der Waals surface area contributed by atoms with Crippen LogP contribution in [0.5, 0.6) is 5.75 Å². The highest BCUT2D eigenvalue weighted by Gasteiger charge is 2.16.